The number of nitrogens with two attached hydrogens (primary N) is 1. The molecule has 3 N–H and O–H groups in total. The number of hydrogen-bond acceptors (Lipinski definition) is 1. The maximum absolute atomic E-state index is 8.56. The Hall–Kier alpha value is -0.380. The van der Waals surface area contributed by atoms with Gasteiger partial charge in [-0.05, 0) is 5.56 Å². The highest BCUT2D eigenvalue weighted by Gasteiger charge is 1.92. The molecular formula is C7H9BrNO+. The van der Waals surface area contributed by atoms with Gasteiger partial charge < -0.3 is 0 Å². The highest BCUT2D eigenvalue weighted by atomic mass is 79.9. The minimum Gasteiger partial charge on any atom is -0.215 e. The maximum atomic E-state index is 8.56. The fourth-order valence-electron chi connectivity index (χ4n) is 0.693. The van der Waals surface area contributed by atoms with Crippen molar-refractivity contribution in [2.75, 3.05) is 0 Å². The molecule has 0 spiro atoms. The first kappa shape index (κ1) is 7.72. The molecule has 0 aliphatic rings. The molecule has 0 bridgehead atoms. The summed E-state index contributed by atoms with van der Waals surface area (Å²) in [5.41, 5.74) is 3.15. The van der Waals surface area contributed by atoms with E-state index in [9.17, 15) is 0 Å². The van der Waals surface area contributed by atoms with E-state index in [2.05, 4.69) is 15.9 Å². The van der Waals surface area contributed by atoms with Gasteiger partial charge in [0.25, 0.3) is 0 Å². The zero-order chi connectivity index (χ0) is 7.40. The minimum atomic E-state index is 0.838. The second-order valence-corrected chi connectivity index (χ2v) is 2.57. The number of halogens is 1. The van der Waals surface area contributed by atoms with Crippen LogP contribution < -0.4 is 5.48 Å². The highest BCUT2D eigenvalue weighted by Crippen LogP contribution is 2.07. The molecule has 1 rings (SSSR count). The van der Waals surface area contributed by atoms with Crippen molar-refractivity contribution in [1.29, 1.82) is 0 Å². The van der Waals surface area contributed by atoms with Crippen LogP contribution >= 0.6 is 15.9 Å². The summed E-state index contributed by atoms with van der Waals surface area (Å²) < 4.78 is 0. The molecule has 0 aliphatic carbocycles. The maximum Gasteiger partial charge on any atom is 0.161 e. The van der Waals surface area contributed by atoms with Crippen LogP contribution in [0.4, 0.5) is 5.69 Å². The van der Waals surface area contributed by atoms with Crippen LogP contribution in [0.3, 0.4) is 0 Å². The molecule has 0 saturated carbocycles. The van der Waals surface area contributed by atoms with Gasteiger partial charge in [0.2, 0.25) is 0 Å². The molecule has 0 aliphatic heterocycles. The first-order chi connectivity index (χ1) is 4.86. The van der Waals surface area contributed by atoms with Crippen molar-refractivity contribution in [2.24, 2.45) is 0 Å². The normalized spacial score (nSPS) is 9.80. The number of hydrogen-bond donors (Lipinski definition) is 2. The van der Waals surface area contributed by atoms with Crippen molar-refractivity contribution >= 4 is 21.6 Å². The monoisotopic (exact) mass is 202 g/mol. The molecule has 0 saturated heterocycles. The number of alkyl halides is 1. The minimum absolute atomic E-state index is 0.838. The standard InChI is InChI=1S/C7H8BrNO/c8-5-6-1-3-7(9-10)4-2-6/h1-4,9-10H,5H2/p+1. The second kappa shape index (κ2) is 3.71. The molecule has 0 amide bonds. The van der Waals surface area contributed by atoms with Gasteiger partial charge in [-0.3, -0.25) is 0 Å². The topological polar surface area (TPSA) is 36.8 Å². The number of quaternary nitrogens is 1. The lowest BCUT2D eigenvalue weighted by molar-refractivity contribution is -0.825. The van der Waals surface area contributed by atoms with E-state index in [1.54, 1.807) is 0 Å². The van der Waals surface area contributed by atoms with Gasteiger partial charge in [-0.25, -0.2) is 5.21 Å². The third-order valence-electron chi connectivity index (χ3n) is 1.28. The summed E-state index contributed by atoms with van der Waals surface area (Å²) in [6, 6.07) is 7.68. The lowest BCUT2D eigenvalue weighted by atomic mass is 10.2. The van der Waals surface area contributed by atoms with Crippen LogP contribution in [0.1, 0.15) is 5.56 Å². The Morgan fingerprint density at radius 2 is 1.90 bits per heavy atom. The van der Waals surface area contributed by atoms with Gasteiger partial charge >= 0.3 is 0 Å². The van der Waals surface area contributed by atoms with Crippen LogP contribution in [0.15, 0.2) is 24.3 Å². The molecular weight excluding hydrogens is 194 g/mol. The van der Waals surface area contributed by atoms with Crippen LogP contribution in [0.25, 0.3) is 0 Å². The van der Waals surface area contributed by atoms with Gasteiger partial charge in [0.15, 0.2) is 5.69 Å². The Morgan fingerprint density at radius 1 is 1.30 bits per heavy atom. The van der Waals surface area contributed by atoms with E-state index in [1.807, 2.05) is 24.3 Å². The van der Waals surface area contributed by atoms with Crippen LogP contribution in [0.5, 0.6) is 0 Å². The van der Waals surface area contributed by atoms with Crippen molar-refractivity contribution in [3.63, 3.8) is 0 Å². The SMILES string of the molecule is O[NH2+]c1ccc(CBr)cc1. The Morgan fingerprint density at radius 3 is 2.30 bits per heavy atom. The van der Waals surface area contributed by atoms with E-state index in [4.69, 9.17) is 5.21 Å². The highest BCUT2D eigenvalue weighted by molar-refractivity contribution is 9.08. The molecule has 10 heavy (non-hydrogen) atoms. The van der Waals surface area contributed by atoms with Gasteiger partial charge in [-0.1, -0.05) is 28.1 Å². The summed E-state index contributed by atoms with van der Waals surface area (Å²) in [7, 11) is 0. The third kappa shape index (κ3) is 1.80. The van der Waals surface area contributed by atoms with E-state index in [0.717, 1.165) is 16.5 Å². The van der Waals surface area contributed by atoms with Gasteiger partial charge in [-0.15, -0.1) is 0 Å². The second-order valence-electron chi connectivity index (χ2n) is 2.00. The van der Waals surface area contributed by atoms with Gasteiger partial charge in [0, 0.05) is 17.5 Å². The van der Waals surface area contributed by atoms with Crippen molar-refractivity contribution in [2.45, 2.75) is 5.33 Å². The van der Waals surface area contributed by atoms with Gasteiger partial charge in [0.1, 0.15) is 0 Å². The lowest BCUT2D eigenvalue weighted by Crippen LogP contribution is -2.73. The summed E-state index contributed by atoms with van der Waals surface area (Å²) in [5, 5.41) is 9.42. The first-order valence-corrected chi connectivity index (χ1v) is 4.11. The van der Waals surface area contributed by atoms with Crippen molar-refractivity contribution < 1.29 is 10.7 Å². The quantitative estimate of drug-likeness (QED) is 0.422. The number of benzene rings is 1. The molecule has 0 heterocycles. The molecule has 0 unspecified atom stereocenters. The molecule has 54 valence electrons. The average molecular weight is 203 g/mol. The fraction of sp³-hybridized carbons (Fsp3) is 0.143. The first-order valence-electron chi connectivity index (χ1n) is 2.99. The summed E-state index contributed by atoms with van der Waals surface area (Å²) in [6.07, 6.45) is 0. The van der Waals surface area contributed by atoms with Crippen LogP contribution in [-0.4, -0.2) is 5.21 Å². The van der Waals surface area contributed by atoms with E-state index in [-0.39, 0.29) is 0 Å². The third-order valence-corrected chi connectivity index (χ3v) is 1.93. The molecule has 0 fully saturated rings. The molecule has 2 nitrogen and oxygen atoms in total. The van der Waals surface area contributed by atoms with Crippen LogP contribution in [-0.2, 0) is 5.33 Å². The molecule has 0 aromatic heterocycles. The average Bonchev–Trinajstić information content (AvgIpc) is 2.05. The smallest absolute Gasteiger partial charge is 0.161 e. The zero-order valence-corrected chi connectivity index (χ0v) is 7.01. The van der Waals surface area contributed by atoms with E-state index < -0.39 is 0 Å². The zero-order valence-electron chi connectivity index (χ0n) is 5.42. The Balaban J connectivity index is 2.80. The van der Waals surface area contributed by atoms with Crippen molar-refractivity contribution in [3.8, 4) is 0 Å². The van der Waals surface area contributed by atoms with E-state index in [1.165, 1.54) is 5.56 Å². The van der Waals surface area contributed by atoms with Crippen molar-refractivity contribution in [1.82, 2.24) is 0 Å². The molecule has 1 aromatic rings. The number of rotatable bonds is 2. The largest absolute Gasteiger partial charge is 0.215 e. The Kier molecular flexibility index (Phi) is 2.86. The molecule has 0 atom stereocenters. The summed E-state index contributed by atoms with van der Waals surface area (Å²) in [4.78, 5) is 0. The fourth-order valence-corrected chi connectivity index (χ4v) is 1.07. The molecule has 3 heteroatoms. The predicted molar refractivity (Wildman–Crippen MR) is 42.4 cm³/mol. The van der Waals surface area contributed by atoms with Gasteiger partial charge in [-0.2, -0.15) is 5.48 Å². The summed E-state index contributed by atoms with van der Waals surface area (Å²) >= 11 is 3.33. The van der Waals surface area contributed by atoms with E-state index in [0.29, 0.717) is 0 Å². The van der Waals surface area contributed by atoms with Crippen LogP contribution in [0.2, 0.25) is 0 Å². The predicted octanol–water partition coefficient (Wildman–Crippen LogP) is 1.17. The lowest BCUT2D eigenvalue weighted by Gasteiger charge is -1.93. The summed E-state index contributed by atoms with van der Waals surface area (Å²) in [6.45, 7) is 0. The van der Waals surface area contributed by atoms with Gasteiger partial charge in [0.05, 0.1) is 0 Å². The van der Waals surface area contributed by atoms with E-state index >= 15 is 0 Å². The Labute approximate surface area is 68.0 Å². The van der Waals surface area contributed by atoms with Crippen LogP contribution in [0, 0.1) is 0 Å². The Bertz CT molecular complexity index is 174. The molecule has 1 aromatic carbocycles. The molecule has 0 radical (unpaired) electrons. The van der Waals surface area contributed by atoms with Crippen molar-refractivity contribution in [3.05, 3.63) is 29.8 Å². The summed E-state index contributed by atoms with van der Waals surface area (Å²) in [5.74, 6) is 0.